The average Bonchev–Trinajstić information content (AvgIpc) is 3.18. The van der Waals surface area contributed by atoms with Gasteiger partial charge < -0.3 is 15.4 Å². The smallest absolute Gasteiger partial charge is 0.417 e. The Labute approximate surface area is 178 Å². The Morgan fingerprint density at radius 2 is 2.07 bits per heavy atom. The average molecular weight is 454 g/mol. The van der Waals surface area contributed by atoms with Crippen LogP contribution >= 0.6 is 22.9 Å². The molecule has 0 atom stereocenters. The summed E-state index contributed by atoms with van der Waals surface area (Å²) in [5.74, 6) is 0.616. The Kier molecular flexibility index (Phi) is 5.78. The largest absolute Gasteiger partial charge is 0.437 e. The van der Waals surface area contributed by atoms with E-state index in [1.165, 1.54) is 29.7 Å². The molecular weight excluding hydrogens is 439 g/mol. The van der Waals surface area contributed by atoms with Gasteiger partial charge in [0, 0.05) is 24.7 Å². The lowest BCUT2D eigenvalue weighted by atomic mass is 10.2. The molecule has 30 heavy (non-hydrogen) atoms. The molecule has 3 aromatic rings. The summed E-state index contributed by atoms with van der Waals surface area (Å²) in [7, 11) is 0. The standard InChI is InChI=1S/C19H15ClF3N5OS/c20-15-12(19(21,22)23)5-1-6-14(15)29-16-11(4-2-7-24-16)13-10-30-18(27-13)28-17-25-8-3-9-26-17/h1-2,4-7,10H,3,8-9H2,(H2,25,26,27,28). The molecule has 0 spiro atoms. The minimum atomic E-state index is -4.59. The van der Waals surface area contributed by atoms with Crippen LogP contribution in [0.15, 0.2) is 46.9 Å². The van der Waals surface area contributed by atoms with Gasteiger partial charge in [-0.15, -0.1) is 11.3 Å². The third-order valence-electron chi connectivity index (χ3n) is 4.15. The van der Waals surface area contributed by atoms with E-state index in [0.29, 0.717) is 22.3 Å². The first-order chi connectivity index (χ1) is 14.4. The molecule has 2 aromatic heterocycles. The zero-order valence-electron chi connectivity index (χ0n) is 15.3. The second kappa shape index (κ2) is 8.49. The Balaban J connectivity index is 1.61. The fourth-order valence-corrected chi connectivity index (χ4v) is 3.73. The Hall–Kier alpha value is -2.85. The molecule has 4 rings (SSSR count). The lowest BCUT2D eigenvalue weighted by Crippen LogP contribution is -2.35. The van der Waals surface area contributed by atoms with Crippen LogP contribution in [0.5, 0.6) is 11.6 Å². The van der Waals surface area contributed by atoms with Crippen molar-refractivity contribution in [3.05, 3.63) is 52.5 Å². The molecule has 11 heteroatoms. The van der Waals surface area contributed by atoms with E-state index >= 15 is 0 Å². The summed E-state index contributed by atoms with van der Waals surface area (Å²) in [6.07, 6.45) is -2.13. The Morgan fingerprint density at radius 3 is 2.83 bits per heavy atom. The predicted molar refractivity (Wildman–Crippen MR) is 110 cm³/mol. The van der Waals surface area contributed by atoms with Gasteiger partial charge in [-0.1, -0.05) is 17.7 Å². The van der Waals surface area contributed by atoms with Gasteiger partial charge in [0.05, 0.1) is 21.8 Å². The quantitative estimate of drug-likeness (QED) is 0.551. The molecule has 156 valence electrons. The van der Waals surface area contributed by atoms with Gasteiger partial charge in [-0.05, 0) is 30.7 Å². The van der Waals surface area contributed by atoms with Crippen LogP contribution in [0, 0.1) is 0 Å². The summed E-state index contributed by atoms with van der Waals surface area (Å²) in [6.45, 7) is 1.58. The molecule has 0 radical (unpaired) electrons. The normalized spacial score (nSPS) is 14.1. The number of rotatable bonds is 4. The molecule has 0 unspecified atom stereocenters. The maximum absolute atomic E-state index is 13.1. The predicted octanol–water partition coefficient (Wildman–Crippen LogP) is 5.43. The first-order valence-corrected chi connectivity index (χ1v) is 10.2. The fourth-order valence-electron chi connectivity index (χ4n) is 2.75. The monoisotopic (exact) mass is 453 g/mol. The lowest BCUT2D eigenvalue weighted by molar-refractivity contribution is -0.137. The molecule has 0 saturated carbocycles. The highest BCUT2D eigenvalue weighted by Crippen LogP contribution is 2.41. The molecule has 0 bridgehead atoms. The number of pyridine rings is 1. The van der Waals surface area contributed by atoms with E-state index in [-0.39, 0.29) is 11.6 Å². The van der Waals surface area contributed by atoms with Gasteiger partial charge >= 0.3 is 6.18 Å². The van der Waals surface area contributed by atoms with Crippen molar-refractivity contribution in [2.45, 2.75) is 12.6 Å². The highest BCUT2D eigenvalue weighted by molar-refractivity contribution is 7.14. The number of nitrogens with one attached hydrogen (secondary N) is 2. The summed E-state index contributed by atoms with van der Waals surface area (Å²) in [5.41, 5.74) is 0.110. The Bertz CT molecular complexity index is 1090. The SMILES string of the molecule is FC(F)(F)c1cccc(Oc2ncccc2-c2csc(NC3=NCCCN3)n2)c1Cl. The number of anilines is 1. The molecule has 0 fully saturated rings. The number of aromatic nitrogens is 2. The van der Waals surface area contributed by atoms with E-state index in [1.54, 1.807) is 17.5 Å². The highest BCUT2D eigenvalue weighted by atomic mass is 35.5. The van der Waals surface area contributed by atoms with Gasteiger partial charge in [-0.2, -0.15) is 13.2 Å². The van der Waals surface area contributed by atoms with Crippen LogP contribution in [0.4, 0.5) is 18.3 Å². The minimum Gasteiger partial charge on any atom is -0.437 e. The van der Waals surface area contributed by atoms with E-state index in [9.17, 15) is 13.2 Å². The lowest BCUT2D eigenvalue weighted by Gasteiger charge is -2.14. The van der Waals surface area contributed by atoms with Gasteiger partial charge in [0.2, 0.25) is 5.88 Å². The van der Waals surface area contributed by atoms with Crippen molar-refractivity contribution in [2.24, 2.45) is 4.99 Å². The van der Waals surface area contributed by atoms with E-state index < -0.39 is 16.8 Å². The van der Waals surface area contributed by atoms with E-state index in [2.05, 4.69) is 25.6 Å². The van der Waals surface area contributed by atoms with Crippen LogP contribution in [-0.2, 0) is 6.18 Å². The zero-order valence-corrected chi connectivity index (χ0v) is 16.9. The first-order valence-electron chi connectivity index (χ1n) is 8.91. The summed E-state index contributed by atoms with van der Waals surface area (Å²) < 4.78 is 45.0. The molecule has 2 N–H and O–H groups in total. The second-order valence-electron chi connectivity index (χ2n) is 6.25. The molecule has 1 aromatic carbocycles. The van der Waals surface area contributed by atoms with Crippen molar-refractivity contribution in [1.29, 1.82) is 0 Å². The molecule has 1 aliphatic heterocycles. The van der Waals surface area contributed by atoms with Crippen LogP contribution in [0.3, 0.4) is 0 Å². The number of ether oxygens (including phenoxy) is 1. The molecule has 6 nitrogen and oxygen atoms in total. The number of benzene rings is 1. The molecule has 0 saturated heterocycles. The summed E-state index contributed by atoms with van der Waals surface area (Å²) in [6, 6.07) is 6.90. The number of guanidine groups is 1. The molecule has 0 aliphatic carbocycles. The maximum Gasteiger partial charge on any atom is 0.417 e. The van der Waals surface area contributed by atoms with Gasteiger partial charge in [-0.3, -0.25) is 4.99 Å². The number of thiazole rings is 1. The van der Waals surface area contributed by atoms with E-state index in [0.717, 1.165) is 25.6 Å². The highest BCUT2D eigenvalue weighted by Gasteiger charge is 2.34. The fraction of sp³-hybridized carbons (Fsp3) is 0.211. The maximum atomic E-state index is 13.1. The first kappa shape index (κ1) is 20.4. The van der Waals surface area contributed by atoms with Crippen LogP contribution in [-0.4, -0.2) is 29.0 Å². The Morgan fingerprint density at radius 1 is 1.20 bits per heavy atom. The topological polar surface area (TPSA) is 71.4 Å². The van der Waals surface area contributed by atoms with Gasteiger partial charge in [0.1, 0.15) is 5.75 Å². The van der Waals surface area contributed by atoms with Crippen molar-refractivity contribution < 1.29 is 17.9 Å². The summed E-state index contributed by atoms with van der Waals surface area (Å²) in [4.78, 5) is 13.0. The van der Waals surface area contributed by atoms with Crippen molar-refractivity contribution in [1.82, 2.24) is 15.3 Å². The van der Waals surface area contributed by atoms with Crippen LogP contribution in [0.1, 0.15) is 12.0 Å². The minimum absolute atomic E-state index is 0.101. The van der Waals surface area contributed by atoms with Crippen molar-refractivity contribution in [3.8, 4) is 22.9 Å². The molecule has 0 amide bonds. The van der Waals surface area contributed by atoms with Gasteiger partial charge in [0.25, 0.3) is 0 Å². The number of nitrogens with zero attached hydrogens (tertiary/aromatic N) is 3. The van der Waals surface area contributed by atoms with E-state index in [4.69, 9.17) is 16.3 Å². The number of hydrogen-bond acceptors (Lipinski definition) is 7. The molecule has 1 aliphatic rings. The van der Waals surface area contributed by atoms with E-state index in [1.807, 2.05) is 0 Å². The number of alkyl halides is 3. The third kappa shape index (κ3) is 4.49. The number of halogens is 4. The molecular formula is C19H15ClF3N5OS. The van der Waals surface area contributed by atoms with Gasteiger partial charge in [-0.25, -0.2) is 9.97 Å². The summed E-state index contributed by atoms with van der Waals surface area (Å²) in [5, 5.41) is 8.14. The van der Waals surface area contributed by atoms with Gasteiger partial charge in [0.15, 0.2) is 11.1 Å². The third-order valence-corrected chi connectivity index (χ3v) is 5.30. The van der Waals surface area contributed by atoms with Crippen molar-refractivity contribution in [2.75, 3.05) is 18.4 Å². The van der Waals surface area contributed by atoms with Crippen LogP contribution < -0.4 is 15.4 Å². The van der Waals surface area contributed by atoms with Crippen molar-refractivity contribution in [3.63, 3.8) is 0 Å². The number of hydrogen-bond donors (Lipinski definition) is 2. The second-order valence-corrected chi connectivity index (χ2v) is 7.48. The zero-order chi connectivity index (χ0) is 21.1. The van der Waals surface area contributed by atoms with Crippen LogP contribution in [0.2, 0.25) is 5.02 Å². The number of aliphatic imine (C=N–C) groups is 1. The van der Waals surface area contributed by atoms with Crippen molar-refractivity contribution >= 4 is 34.0 Å². The summed E-state index contributed by atoms with van der Waals surface area (Å²) >= 11 is 7.30. The molecule has 3 heterocycles. The van der Waals surface area contributed by atoms with Crippen LogP contribution in [0.25, 0.3) is 11.3 Å².